The third-order valence-corrected chi connectivity index (χ3v) is 8.53. The van der Waals surface area contributed by atoms with Crippen molar-refractivity contribution in [2.24, 2.45) is 0 Å². The van der Waals surface area contributed by atoms with E-state index >= 15 is 0 Å². The standard InChI is InChI=1S/C30H36ClN3O2S/c31-25-7-4-9-27(21-25)33-16-14-32(15-17-33)23-24-6-3-10-28(20-24)36-18-12-26-8-1-2-13-34(26)30(35)22-29-11-5-19-37-29/h3-7,9-11,19-21,26H,1-2,8,12-18,22-23H2. The summed E-state index contributed by atoms with van der Waals surface area (Å²) in [5.74, 6) is 1.17. The Morgan fingerprint density at radius 3 is 2.65 bits per heavy atom. The maximum Gasteiger partial charge on any atom is 0.228 e. The van der Waals surface area contributed by atoms with Gasteiger partial charge in [-0.25, -0.2) is 0 Å². The van der Waals surface area contributed by atoms with Crippen LogP contribution in [0.5, 0.6) is 5.75 Å². The summed E-state index contributed by atoms with van der Waals surface area (Å²) in [5.41, 5.74) is 2.48. The van der Waals surface area contributed by atoms with Gasteiger partial charge >= 0.3 is 0 Å². The number of thiophene rings is 1. The van der Waals surface area contributed by atoms with Crippen molar-refractivity contribution >= 4 is 34.5 Å². The van der Waals surface area contributed by atoms with Crippen LogP contribution in [0.15, 0.2) is 66.0 Å². The molecule has 0 bridgehead atoms. The molecule has 0 N–H and O–H groups in total. The molecule has 1 atom stereocenters. The lowest BCUT2D eigenvalue weighted by atomic mass is 9.99. The molecule has 2 saturated heterocycles. The number of hydrogen-bond donors (Lipinski definition) is 0. The fourth-order valence-corrected chi connectivity index (χ4v) is 6.31. The first-order valence-electron chi connectivity index (χ1n) is 13.4. The lowest BCUT2D eigenvalue weighted by Crippen LogP contribution is -2.45. The minimum Gasteiger partial charge on any atom is -0.494 e. The van der Waals surface area contributed by atoms with E-state index in [1.807, 2.05) is 35.7 Å². The van der Waals surface area contributed by atoms with Gasteiger partial charge in [0.15, 0.2) is 0 Å². The van der Waals surface area contributed by atoms with E-state index in [-0.39, 0.29) is 11.9 Å². The lowest BCUT2D eigenvalue weighted by Gasteiger charge is -2.36. The van der Waals surface area contributed by atoms with Crippen LogP contribution >= 0.6 is 22.9 Å². The monoisotopic (exact) mass is 537 g/mol. The first-order valence-corrected chi connectivity index (χ1v) is 14.7. The van der Waals surface area contributed by atoms with Crippen LogP contribution in [0.3, 0.4) is 0 Å². The van der Waals surface area contributed by atoms with Gasteiger partial charge in [0.25, 0.3) is 0 Å². The van der Waals surface area contributed by atoms with E-state index in [1.165, 1.54) is 17.7 Å². The van der Waals surface area contributed by atoms with Crippen molar-refractivity contribution in [3.05, 3.63) is 81.5 Å². The fraction of sp³-hybridized carbons (Fsp3) is 0.433. The van der Waals surface area contributed by atoms with Gasteiger partial charge in [0, 0.05) is 67.3 Å². The Morgan fingerprint density at radius 2 is 1.84 bits per heavy atom. The second kappa shape index (κ2) is 12.8. The number of ether oxygens (including phenoxy) is 1. The van der Waals surface area contributed by atoms with Crippen LogP contribution in [0.4, 0.5) is 5.69 Å². The summed E-state index contributed by atoms with van der Waals surface area (Å²) < 4.78 is 6.18. The van der Waals surface area contributed by atoms with Gasteiger partial charge in [-0.2, -0.15) is 0 Å². The third-order valence-electron chi connectivity index (χ3n) is 7.42. The molecule has 5 rings (SSSR count). The van der Waals surface area contributed by atoms with Gasteiger partial charge in [0.05, 0.1) is 13.0 Å². The van der Waals surface area contributed by atoms with E-state index in [2.05, 4.69) is 45.0 Å². The highest BCUT2D eigenvalue weighted by atomic mass is 35.5. The van der Waals surface area contributed by atoms with Crippen molar-refractivity contribution in [2.45, 2.75) is 44.7 Å². The van der Waals surface area contributed by atoms with Crippen LogP contribution in [-0.4, -0.2) is 61.1 Å². The highest BCUT2D eigenvalue weighted by Gasteiger charge is 2.26. The van der Waals surface area contributed by atoms with Crippen LogP contribution in [0.25, 0.3) is 0 Å². The molecule has 0 aliphatic carbocycles. The summed E-state index contributed by atoms with van der Waals surface area (Å²) in [6, 6.07) is 21.0. The van der Waals surface area contributed by atoms with Gasteiger partial charge < -0.3 is 14.5 Å². The minimum absolute atomic E-state index is 0.254. The largest absolute Gasteiger partial charge is 0.494 e. The predicted molar refractivity (Wildman–Crippen MR) is 153 cm³/mol. The zero-order chi connectivity index (χ0) is 25.5. The van der Waals surface area contributed by atoms with Crippen LogP contribution in [0.2, 0.25) is 5.02 Å². The molecule has 5 nitrogen and oxygen atoms in total. The molecule has 1 amide bonds. The highest BCUT2D eigenvalue weighted by molar-refractivity contribution is 7.10. The second-order valence-corrected chi connectivity index (χ2v) is 11.5. The molecule has 196 valence electrons. The van der Waals surface area contributed by atoms with E-state index in [0.29, 0.717) is 13.0 Å². The number of rotatable bonds is 9. The number of carbonyl (C=O) groups is 1. The van der Waals surface area contributed by atoms with Gasteiger partial charge in [-0.05, 0) is 66.6 Å². The molecule has 3 aromatic rings. The number of piperazine rings is 1. The molecule has 1 aromatic heterocycles. The molecule has 2 aliphatic heterocycles. The quantitative estimate of drug-likeness (QED) is 0.329. The average Bonchev–Trinajstić information content (AvgIpc) is 3.43. The van der Waals surface area contributed by atoms with Crippen molar-refractivity contribution in [1.29, 1.82) is 0 Å². The topological polar surface area (TPSA) is 36.0 Å². The Bertz CT molecular complexity index is 1150. The Morgan fingerprint density at radius 1 is 0.973 bits per heavy atom. The molecule has 3 heterocycles. The number of halogens is 1. The number of carbonyl (C=O) groups excluding carboxylic acids is 1. The van der Waals surface area contributed by atoms with Crippen molar-refractivity contribution < 1.29 is 9.53 Å². The molecule has 0 saturated carbocycles. The Balaban J connectivity index is 1.08. The maximum absolute atomic E-state index is 12.9. The summed E-state index contributed by atoms with van der Waals surface area (Å²) in [6.45, 7) is 6.47. The van der Waals surface area contributed by atoms with Gasteiger partial charge in [-0.3, -0.25) is 9.69 Å². The molecule has 0 radical (unpaired) electrons. The SMILES string of the molecule is O=C(Cc1cccs1)N1CCCCC1CCOc1cccc(CN2CCN(c3cccc(Cl)c3)CC2)c1. The minimum atomic E-state index is 0.254. The van der Waals surface area contributed by atoms with Crippen molar-refractivity contribution in [2.75, 3.05) is 44.2 Å². The summed E-state index contributed by atoms with van der Waals surface area (Å²) in [6.07, 6.45) is 4.76. The summed E-state index contributed by atoms with van der Waals surface area (Å²) in [4.78, 5) is 21.1. The second-order valence-electron chi connectivity index (χ2n) is 10.0. The van der Waals surface area contributed by atoms with Gasteiger partial charge in [0.1, 0.15) is 5.75 Å². The molecule has 1 unspecified atom stereocenters. The maximum atomic E-state index is 12.9. The van der Waals surface area contributed by atoms with Crippen LogP contribution < -0.4 is 9.64 Å². The number of hydrogen-bond acceptors (Lipinski definition) is 5. The van der Waals surface area contributed by atoms with Crippen molar-refractivity contribution in [3.63, 3.8) is 0 Å². The lowest BCUT2D eigenvalue weighted by molar-refractivity contribution is -0.134. The first kappa shape index (κ1) is 26.1. The number of nitrogens with zero attached hydrogens (tertiary/aromatic N) is 3. The van der Waals surface area contributed by atoms with Crippen LogP contribution in [0.1, 0.15) is 36.1 Å². The van der Waals surface area contributed by atoms with Gasteiger partial charge in [-0.1, -0.05) is 35.9 Å². The molecule has 2 aliphatic rings. The van der Waals surface area contributed by atoms with E-state index < -0.39 is 0 Å². The van der Waals surface area contributed by atoms with Gasteiger partial charge in [0.2, 0.25) is 5.91 Å². The Kier molecular flexibility index (Phi) is 9.03. The van der Waals surface area contributed by atoms with E-state index in [0.717, 1.165) is 74.2 Å². The number of likely N-dealkylation sites (tertiary alicyclic amines) is 1. The number of piperidine rings is 1. The number of amides is 1. The predicted octanol–water partition coefficient (Wildman–Crippen LogP) is 6.12. The third kappa shape index (κ3) is 7.28. The summed E-state index contributed by atoms with van der Waals surface area (Å²) >= 11 is 7.84. The Labute approximate surface area is 229 Å². The normalized spacial score (nSPS) is 18.7. The fourth-order valence-electron chi connectivity index (χ4n) is 5.43. The van der Waals surface area contributed by atoms with E-state index in [4.69, 9.17) is 16.3 Å². The molecule has 2 aromatic carbocycles. The first-order chi connectivity index (χ1) is 18.1. The molecule has 7 heteroatoms. The van der Waals surface area contributed by atoms with Crippen molar-refractivity contribution in [1.82, 2.24) is 9.80 Å². The van der Waals surface area contributed by atoms with Gasteiger partial charge in [-0.15, -0.1) is 11.3 Å². The zero-order valence-corrected chi connectivity index (χ0v) is 22.9. The summed E-state index contributed by atoms with van der Waals surface area (Å²) in [5, 5.41) is 2.83. The van der Waals surface area contributed by atoms with E-state index in [1.54, 1.807) is 11.3 Å². The Hall–Kier alpha value is -2.54. The van der Waals surface area contributed by atoms with Crippen molar-refractivity contribution in [3.8, 4) is 5.75 Å². The highest BCUT2D eigenvalue weighted by Crippen LogP contribution is 2.24. The average molecular weight is 538 g/mol. The molecule has 2 fully saturated rings. The van der Waals surface area contributed by atoms with Crippen LogP contribution in [0, 0.1) is 0 Å². The van der Waals surface area contributed by atoms with E-state index in [9.17, 15) is 4.79 Å². The molecule has 0 spiro atoms. The number of benzene rings is 2. The number of anilines is 1. The summed E-state index contributed by atoms with van der Waals surface area (Å²) in [7, 11) is 0. The zero-order valence-electron chi connectivity index (χ0n) is 21.4. The smallest absolute Gasteiger partial charge is 0.228 e. The molecule has 37 heavy (non-hydrogen) atoms. The molecular formula is C30H36ClN3O2S. The molecular weight excluding hydrogens is 502 g/mol. The van der Waals surface area contributed by atoms with Crippen LogP contribution in [-0.2, 0) is 17.8 Å².